The second-order valence-corrected chi connectivity index (χ2v) is 6.87. The van der Waals surface area contributed by atoms with Crippen LogP contribution in [0, 0.1) is 11.8 Å². The van der Waals surface area contributed by atoms with Crippen molar-refractivity contribution in [1.29, 1.82) is 0 Å². The number of carbonyl (C=O) groups is 2. The third-order valence-corrected chi connectivity index (χ3v) is 5.02. The zero-order valence-electron chi connectivity index (χ0n) is 13.0. The highest BCUT2D eigenvalue weighted by Gasteiger charge is 2.43. The van der Waals surface area contributed by atoms with E-state index < -0.39 is 11.5 Å². The van der Waals surface area contributed by atoms with E-state index in [1.165, 1.54) is 0 Å². The summed E-state index contributed by atoms with van der Waals surface area (Å²) in [5.74, 6) is -0.00285. The fraction of sp³-hybridized carbons (Fsp3) is 0.875. The molecule has 1 aliphatic heterocycles. The Bertz CT molecular complexity index is 380. The van der Waals surface area contributed by atoms with Crippen molar-refractivity contribution in [2.75, 3.05) is 13.1 Å². The van der Waals surface area contributed by atoms with Crippen molar-refractivity contribution in [2.24, 2.45) is 11.8 Å². The van der Waals surface area contributed by atoms with Crippen LogP contribution < -0.4 is 10.6 Å². The molecule has 1 amide bonds. The highest BCUT2D eigenvalue weighted by molar-refractivity contribution is 5.87. The van der Waals surface area contributed by atoms with Crippen LogP contribution in [0.25, 0.3) is 0 Å². The van der Waals surface area contributed by atoms with E-state index >= 15 is 0 Å². The molecule has 120 valence electrons. The molecular weight excluding hydrogens is 268 g/mol. The van der Waals surface area contributed by atoms with Gasteiger partial charge < -0.3 is 15.7 Å². The van der Waals surface area contributed by atoms with Gasteiger partial charge >= 0.3 is 5.97 Å². The van der Waals surface area contributed by atoms with E-state index in [9.17, 15) is 14.7 Å². The van der Waals surface area contributed by atoms with E-state index in [2.05, 4.69) is 17.6 Å². The third-order valence-electron chi connectivity index (χ3n) is 5.02. The molecule has 3 N–H and O–H groups in total. The van der Waals surface area contributed by atoms with Crippen LogP contribution in [0.1, 0.15) is 58.3 Å². The Morgan fingerprint density at radius 1 is 1.29 bits per heavy atom. The molecule has 1 saturated heterocycles. The molecule has 1 aliphatic carbocycles. The highest BCUT2D eigenvalue weighted by atomic mass is 16.4. The third kappa shape index (κ3) is 4.43. The molecule has 2 atom stereocenters. The van der Waals surface area contributed by atoms with Crippen molar-refractivity contribution < 1.29 is 14.7 Å². The molecule has 0 aromatic rings. The number of carboxylic acids is 1. The molecule has 5 nitrogen and oxygen atoms in total. The number of rotatable bonds is 5. The molecule has 0 aromatic heterocycles. The lowest BCUT2D eigenvalue weighted by atomic mass is 9.76. The molecule has 0 aromatic carbocycles. The lowest BCUT2D eigenvalue weighted by Crippen LogP contribution is -2.56. The Balaban J connectivity index is 1.84. The molecule has 0 radical (unpaired) electrons. The first-order chi connectivity index (χ1) is 10.0. The van der Waals surface area contributed by atoms with Crippen molar-refractivity contribution in [2.45, 2.75) is 63.8 Å². The fourth-order valence-electron chi connectivity index (χ4n) is 3.75. The number of hydrogen-bond acceptors (Lipinski definition) is 3. The Hall–Kier alpha value is -1.10. The summed E-state index contributed by atoms with van der Waals surface area (Å²) in [6.45, 7) is 4.13. The maximum atomic E-state index is 12.2. The van der Waals surface area contributed by atoms with Crippen LogP contribution in [0.3, 0.4) is 0 Å². The summed E-state index contributed by atoms with van der Waals surface area (Å²) in [6, 6.07) is 0. The predicted octanol–water partition coefficient (Wildman–Crippen LogP) is 1.92. The Morgan fingerprint density at radius 2 is 2.00 bits per heavy atom. The Morgan fingerprint density at radius 3 is 2.62 bits per heavy atom. The first kappa shape index (κ1) is 16.3. The van der Waals surface area contributed by atoms with E-state index in [0.717, 1.165) is 45.2 Å². The van der Waals surface area contributed by atoms with Crippen molar-refractivity contribution in [1.82, 2.24) is 10.6 Å². The van der Waals surface area contributed by atoms with Gasteiger partial charge in [-0.25, -0.2) is 4.79 Å². The molecule has 0 spiro atoms. The molecule has 1 heterocycles. The van der Waals surface area contributed by atoms with E-state index in [1.54, 1.807) is 0 Å². The fourth-order valence-corrected chi connectivity index (χ4v) is 3.75. The number of piperidine rings is 1. The normalized spacial score (nSPS) is 30.8. The van der Waals surface area contributed by atoms with Crippen molar-refractivity contribution >= 4 is 11.9 Å². The van der Waals surface area contributed by atoms with Crippen LogP contribution in [0.4, 0.5) is 0 Å². The molecule has 2 rings (SSSR count). The molecule has 0 bridgehead atoms. The largest absolute Gasteiger partial charge is 0.480 e. The minimum Gasteiger partial charge on any atom is -0.480 e. The summed E-state index contributed by atoms with van der Waals surface area (Å²) in [6.07, 6.45) is 6.62. The summed E-state index contributed by atoms with van der Waals surface area (Å²) >= 11 is 0. The molecule has 1 saturated carbocycles. The zero-order valence-corrected chi connectivity index (χ0v) is 13.0. The van der Waals surface area contributed by atoms with Crippen LogP contribution in [0.5, 0.6) is 0 Å². The van der Waals surface area contributed by atoms with Gasteiger partial charge in [-0.2, -0.15) is 0 Å². The van der Waals surface area contributed by atoms with Crippen molar-refractivity contribution in [3.05, 3.63) is 0 Å². The van der Waals surface area contributed by atoms with Gasteiger partial charge in [0, 0.05) is 6.42 Å². The summed E-state index contributed by atoms with van der Waals surface area (Å²) in [5.41, 5.74) is -1.02. The van der Waals surface area contributed by atoms with Gasteiger partial charge in [0.05, 0.1) is 0 Å². The minimum atomic E-state index is -1.02. The van der Waals surface area contributed by atoms with Gasteiger partial charge in [-0.1, -0.05) is 19.8 Å². The van der Waals surface area contributed by atoms with Crippen molar-refractivity contribution in [3.8, 4) is 0 Å². The van der Waals surface area contributed by atoms with Gasteiger partial charge in [0.1, 0.15) is 5.54 Å². The van der Waals surface area contributed by atoms with Gasteiger partial charge in [0.15, 0.2) is 0 Å². The first-order valence-electron chi connectivity index (χ1n) is 8.27. The van der Waals surface area contributed by atoms with Gasteiger partial charge in [0.2, 0.25) is 5.91 Å². The molecule has 2 aliphatic rings. The number of amides is 1. The molecule has 2 fully saturated rings. The standard InChI is InChI=1S/C16H28N2O3/c1-12-3-2-8-16(11-12,15(20)21)18-14(19)5-4-13-6-9-17-10-7-13/h12-13,17H,2-11H2,1H3,(H,18,19)(H,20,21). The SMILES string of the molecule is CC1CCCC(NC(=O)CCC2CCNCC2)(C(=O)O)C1. The monoisotopic (exact) mass is 296 g/mol. The van der Waals surface area contributed by atoms with Crippen LogP contribution in [-0.2, 0) is 9.59 Å². The molecule has 21 heavy (non-hydrogen) atoms. The second kappa shape index (κ2) is 7.25. The quantitative estimate of drug-likeness (QED) is 0.724. The summed E-state index contributed by atoms with van der Waals surface area (Å²) in [7, 11) is 0. The summed E-state index contributed by atoms with van der Waals surface area (Å²) in [4.78, 5) is 23.8. The number of carbonyl (C=O) groups excluding carboxylic acids is 1. The zero-order chi connectivity index (χ0) is 15.3. The number of carboxylic acid groups (broad SMARTS) is 1. The maximum Gasteiger partial charge on any atom is 0.329 e. The average Bonchev–Trinajstić information content (AvgIpc) is 2.46. The average molecular weight is 296 g/mol. The minimum absolute atomic E-state index is 0.0926. The summed E-state index contributed by atoms with van der Waals surface area (Å²) < 4.78 is 0. The maximum absolute atomic E-state index is 12.2. The van der Waals surface area contributed by atoms with E-state index in [4.69, 9.17) is 0 Å². The molecule has 2 unspecified atom stereocenters. The number of aliphatic carboxylic acids is 1. The smallest absolute Gasteiger partial charge is 0.329 e. The van der Waals surface area contributed by atoms with Crippen LogP contribution in [0.15, 0.2) is 0 Å². The van der Waals surface area contributed by atoms with E-state index in [1.807, 2.05) is 0 Å². The molecular formula is C16H28N2O3. The topological polar surface area (TPSA) is 78.4 Å². The van der Waals surface area contributed by atoms with Gasteiger partial charge in [-0.15, -0.1) is 0 Å². The lowest BCUT2D eigenvalue weighted by Gasteiger charge is -2.37. The van der Waals surface area contributed by atoms with E-state index in [0.29, 0.717) is 31.1 Å². The highest BCUT2D eigenvalue weighted by Crippen LogP contribution is 2.32. The van der Waals surface area contributed by atoms with Gasteiger partial charge in [-0.05, 0) is 57.0 Å². The van der Waals surface area contributed by atoms with Crippen LogP contribution in [0.2, 0.25) is 0 Å². The second-order valence-electron chi connectivity index (χ2n) is 6.87. The van der Waals surface area contributed by atoms with Gasteiger partial charge in [0.25, 0.3) is 0 Å². The van der Waals surface area contributed by atoms with Crippen LogP contribution >= 0.6 is 0 Å². The number of nitrogens with one attached hydrogen (secondary N) is 2. The Kier molecular flexibility index (Phi) is 5.62. The predicted molar refractivity (Wildman–Crippen MR) is 81.0 cm³/mol. The van der Waals surface area contributed by atoms with E-state index in [-0.39, 0.29) is 5.91 Å². The van der Waals surface area contributed by atoms with Crippen molar-refractivity contribution in [3.63, 3.8) is 0 Å². The van der Waals surface area contributed by atoms with Gasteiger partial charge in [-0.3, -0.25) is 4.79 Å². The number of hydrogen-bond donors (Lipinski definition) is 3. The lowest BCUT2D eigenvalue weighted by molar-refractivity contribution is -0.150. The summed E-state index contributed by atoms with van der Waals surface area (Å²) in [5, 5.41) is 15.7. The van der Waals surface area contributed by atoms with Crippen LogP contribution in [-0.4, -0.2) is 35.6 Å². The Labute approximate surface area is 126 Å². The first-order valence-corrected chi connectivity index (χ1v) is 8.27. The molecule has 5 heteroatoms.